The predicted molar refractivity (Wildman–Crippen MR) is 100 cm³/mol. The maximum Gasteiger partial charge on any atom is 0.407 e. The molecular formula is C18H18F2N4O2S. The topological polar surface area (TPSA) is 70.4 Å². The molecular weight excluding hydrogens is 374 g/mol. The number of hydrogen-bond acceptors (Lipinski definition) is 4. The SMILES string of the molecule is O=C(O)N1CCC[C@@H]1Cn1c(Nc2ccc(C(F)F)s2)nc2ccccc21. The van der Waals surface area contributed by atoms with Crippen LogP contribution in [0.3, 0.4) is 0 Å². The molecule has 1 fully saturated rings. The molecule has 9 heteroatoms. The summed E-state index contributed by atoms with van der Waals surface area (Å²) in [7, 11) is 0. The number of alkyl halides is 2. The number of carbonyl (C=O) groups is 1. The van der Waals surface area contributed by atoms with Gasteiger partial charge in [-0.3, -0.25) is 0 Å². The number of para-hydroxylation sites is 2. The fraction of sp³-hybridized carbons (Fsp3) is 0.333. The molecule has 3 aromatic rings. The third-order valence-corrected chi connectivity index (χ3v) is 5.76. The van der Waals surface area contributed by atoms with Gasteiger partial charge < -0.3 is 19.9 Å². The highest BCUT2D eigenvalue weighted by Gasteiger charge is 2.30. The minimum absolute atomic E-state index is 0.00648. The van der Waals surface area contributed by atoms with Gasteiger partial charge in [-0.1, -0.05) is 12.1 Å². The molecule has 142 valence electrons. The lowest BCUT2D eigenvalue weighted by molar-refractivity contribution is 0.136. The summed E-state index contributed by atoms with van der Waals surface area (Å²) in [4.78, 5) is 17.5. The van der Waals surface area contributed by atoms with Gasteiger partial charge in [0, 0.05) is 13.1 Å². The van der Waals surface area contributed by atoms with Crippen molar-refractivity contribution >= 4 is 39.4 Å². The van der Waals surface area contributed by atoms with Crippen LogP contribution >= 0.6 is 11.3 Å². The summed E-state index contributed by atoms with van der Waals surface area (Å²) in [6.45, 7) is 0.986. The van der Waals surface area contributed by atoms with Crippen LogP contribution in [0.5, 0.6) is 0 Å². The Balaban J connectivity index is 1.67. The molecule has 1 aliphatic heterocycles. The van der Waals surface area contributed by atoms with Crippen LogP contribution in [0.1, 0.15) is 24.1 Å². The Hall–Kier alpha value is -2.68. The zero-order valence-corrected chi connectivity index (χ0v) is 15.1. The molecule has 1 amide bonds. The van der Waals surface area contributed by atoms with E-state index in [0.717, 1.165) is 35.2 Å². The van der Waals surface area contributed by atoms with Crippen molar-refractivity contribution in [2.24, 2.45) is 0 Å². The predicted octanol–water partition coefficient (Wildman–Crippen LogP) is 4.92. The first kappa shape index (κ1) is 17.7. The quantitative estimate of drug-likeness (QED) is 0.646. The number of nitrogens with one attached hydrogen (secondary N) is 1. The molecule has 6 nitrogen and oxygen atoms in total. The molecule has 1 aromatic carbocycles. The number of benzene rings is 1. The van der Waals surface area contributed by atoms with Gasteiger partial charge in [-0.05, 0) is 37.1 Å². The van der Waals surface area contributed by atoms with Crippen molar-refractivity contribution < 1.29 is 18.7 Å². The van der Waals surface area contributed by atoms with Crippen LogP contribution in [0.15, 0.2) is 36.4 Å². The largest absolute Gasteiger partial charge is 0.465 e. The molecule has 0 aliphatic carbocycles. The van der Waals surface area contributed by atoms with Crippen molar-refractivity contribution in [1.29, 1.82) is 0 Å². The van der Waals surface area contributed by atoms with E-state index in [0.29, 0.717) is 24.0 Å². The highest BCUT2D eigenvalue weighted by Crippen LogP contribution is 2.33. The van der Waals surface area contributed by atoms with Gasteiger partial charge in [-0.15, -0.1) is 11.3 Å². The molecule has 1 saturated heterocycles. The zero-order chi connectivity index (χ0) is 19.0. The first-order valence-corrected chi connectivity index (χ1v) is 9.44. The van der Waals surface area contributed by atoms with E-state index in [9.17, 15) is 18.7 Å². The van der Waals surface area contributed by atoms with Gasteiger partial charge in [0.1, 0.15) is 0 Å². The summed E-state index contributed by atoms with van der Waals surface area (Å²) in [5, 5.41) is 13.1. The molecule has 0 saturated carbocycles. The molecule has 1 aliphatic rings. The maximum absolute atomic E-state index is 12.9. The second kappa shape index (κ2) is 7.15. The molecule has 1 atom stereocenters. The average Bonchev–Trinajstić information content (AvgIpc) is 3.35. The van der Waals surface area contributed by atoms with Gasteiger partial charge in [0.25, 0.3) is 6.43 Å². The van der Waals surface area contributed by atoms with Crippen molar-refractivity contribution in [3.63, 3.8) is 0 Å². The van der Waals surface area contributed by atoms with Gasteiger partial charge in [-0.2, -0.15) is 0 Å². The number of fused-ring (bicyclic) bond motifs is 1. The number of hydrogen-bond donors (Lipinski definition) is 2. The number of rotatable bonds is 5. The third kappa shape index (κ3) is 3.46. The molecule has 0 spiro atoms. The van der Waals surface area contributed by atoms with E-state index in [-0.39, 0.29) is 10.9 Å². The van der Waals surface area contributed by atoms with Gasteiger partial charge >= 0.3 is 6.09 Å². The Labute approximate surface area is 158 Å². The van der Waals surface area contributed by atoms with E-state index in [2.05, 4.69) is 10.3 Å². The highest BCUT2D eigenvalue weighted by molar-refractivity contribution is 7.16. The number of anilines is 2. The third-order valence-electron chi connectivity index (χ3n) is 4.75. The number of halogens is 2. The van der Waals surface area contributed by atoms with Crippen LogP contribution in [0.2, 0.25) is 0 Å². The van der Waals surface area contributed by atoms with Gasteiger partial charge in [0.15, 0.2) is 0 Å². The van der Waals surface area contributed by atoms with E-state index in [1.165, 1.54) is 11.0 Å². The van der Waals surface area contributed by atoms with Gasteiger partial charge in [-0.25, -0.2) is 18.6 Å². The molecule has 0 radical (unpaired) electrons. The molecule has 2 N–H and O–H groups in total. The Morgan fingerprint density at radius 1 is 1.33 bits per heavy atom. The smallest absolute Gasteiger partial charge is 0.407 e. The monoisotopic (exact) mass is 392 g/mol. The Morgan fingerprint density at radius 3 is 2.89 bits per heavy atom. The lowest BCUT2D eigenvalue weighted by Gasteiger charge is -2.23. The summed E-state index contributed by atoms with van der Waals surface area (Å²) in [6, 6.07) is 10.4. The molecule has 4 rings (SSSR count). The molecule has 3 heterocycles. The van der Waals surface area contributed by atoms with Crippen LogP contribution < -0.4 is 5.32 Å². The Morgan fingerprint density at radius 2 is 2.15 bits per heavy atom. The average molecular weight is 392 g/mol. The van der Waals surface area contributed by atoms with Crippen molar-refractivity contribution in [3.8, 4) is 0 Å². The number of thiophene rings is 1. The Bertz CT molecular complexity index is 971. The van der Waals surface area contributed by atoms with E-state index in [1.807, 2.05) is 28.8 Å². The van der Waals surface area contributed by atoms with Crippen LogP contribution in [0, 0.1) is 0 Å². The summed E-state index contributed by atoms with van der Waals surface area (Å²) in [5.41, 5.74) is 1.65. The fourth-order valence-electron chi connectivity index (χ4n) is 3.49. The number of likely N-dealkylation sites (tertiary alicyclic amines) is 1. The summed E-state index contributed by atoms with van der Waals surface area (Å²) >= 11 is 0.984. The number of nitrogens with zero attached hydrogens (tertiary/aromatic N) is 3. The summed E-state index contributed by atoms with van der Waals surface area (Å²) in [6.07, 6.45) is -1.81. The maximum atomic E-state index is 12.9. The van der Waals surface area contributed by atoms with Crippen LogP contribution in [-0.4, -0.2) is 38.2 Å². The van der Waals surface area contributed by atoms with Crippen LogP contribution in [-0.2, 0) is 6.54 Å². The molecule has 0 unspecified atom stereocenters. The van der Waals surface area contributed by atoms with E-state index in [1.54, 1.807) is 6.07 Å². The second-order valence-electron chi connectivity index (χ2n) is 6.43. The van der Waals surface area contributed by atoms with Crippen molar-refractivity contribution in [1.82, 2.24) is 14.5 Å². The number of carboxylic acid groups (broad SMARTS) is 1. The van der Waals surface area contributed by atoms with Gasteiger partial charge in [0.05, 0.1) is 27.0 Å². The van der Waals surface area contributed by atoms with Crippen LogP contribution in [0.4, 0.5) is 24.5 Å². The summed E-state index contributed by atoms with van der Waals surface area (Å²) < 4.78 is 27.6. The number of aromatic nitrogens is 2. The Kier molecular flexibility index (Phi) is 4.69. The lowest BCUT2D eigenvalue weighted by atomic mass is 10.2. The van der Waals surface area contributed by atoms with E-state index in [4.69, 9.17) is 0 Å². The normalized spacial score (nSPS) is 17.1. The van der Waals surface area contributed by atoms with Crippen molar-refractivity contribution in [2.75, 3.05) is 11.9 Å². The standard InChI is InChI=1S/C18H18F2N4O2S/c19-16(20)14-7-8-15(27-14)22-17-21-12-5-1-2-6-13(12)24(17)10-11-4-3-9-23(11)18(25)26/h1-2,5-8,11,16H,3-4,9-10H2,(H,21,22)(H,25,26)/t11-/m1/s1. The summed E-state index contributed by atoms with van der Waals surface area (Å²) in [5.74, 6) is 0.524. The fourth-order valence-corrected chi connectivity index (χ4v) is 4.25. The van der Waals surface area contributed by atoms with Crippen molar-refractivity contribution in [3.05, 3.63) is 41.3 Å². The number of imidazole rings is 1. The highest BCUT2D eigenvalue weighted by atomic mass is 32.1. The van der Waals surface area contributed by atoms with Crippen molar-refractivity contribution in [2.45, 2.75) is 31.9 Å². The zero-order valence-electron chi connectivity index (χ0n) is 14.3. The minimum atomic E-state index is -2.51. The molecule has 0 bridgehead atoms. The van der Waals surface area contributed by atoms with Gasteiger partial charge in [0.2, 0.25) is 5.95 Å². The lowest BCUT2D eigenvalue weighted by Crippen LogP contribution is -2.37. The molecule has 27 heavy (non-hydrogen) atoms. The van der Waals surface area contributed by atoms with Crippen LogP contribution in [0.25, 0.3) is 11.0 Å². The van der Waals surface area contributed by atoms with E-state index < -0.39 is 12.5 Å². The van der Waals surface area contributed by atoms with E-state index >= 15 is 0 Å². The first-order chi connectivity index (χ1) is 13.0. The second-order valence-corrected chi connectivity index (χ2v) is 7.55. The minimum Gasteiger partial charge on any atom is -0.465 e. The molecule has 2 aromatic heterocycles. The first-order valence-electron chi connectivity index (χ1n) is 8.62. The number of amides is 1.